The van der Waals surface area contributed by atoms with Gasteiger partial charge in [-0.05, 0) is 68.6 Å². The van der Waals surface area contributed by atoms with Crippen LogP contribution in [0.15, 0.2) is 53.1 Å². The van der Waals surface area contributed by atoms with Gasteiger partial charge < -0.3 is 9.84 Å². The van der Waals surface area contributed by atoms with Crippen molar-refractivity contribution in [2.24, 2.45) is 0 Å². The number of nitrogens with one attached hydrogen (secondary N) is 1. The molecule has 156 valence electrons. The van der Waals surface area contributed by atoms with E-state index in [1.807, 2.05) is 42.5 Å². The van der Waals surface area contributed by atoms with E-state index in [0.717, 1.165) is 42.1 Å². The predicted octanol–water partition coefficient (Wildman–Crippen LogP) is 5.18. The monoisotopic (exact) mass is 423 g/mol. The maximum absolute atomic E-state index is 12.8. The van der Waals surface area contributed by atoms with Crippen LogP contribution in [-0.2, 0) is 0 Å². The molecule has 3 aromatic rings. The molecule has 1 amide bonds. The lowest BCUT2D eigenvalue weighted by molar-refractivity contribution is 0.0929. The van der Waals surface area contributed by atoms with Gasteiger partial charge in [0.25, 0.3) is 5.91 Å². The van der Waals surface area contributed by atoms with E-state index in [1.54, 1.807) is 6.07 Å². The van der Waals surface area contributed by atoms with Crippen LogP contribution in [0.25, 0.3) is 11.3 Å². The van der Waals surface area contributed by atoms with Crippen molar-refractivity contribution in [1.82, 2.24) is 15.4 Å². The maximum atomic E-state index is 12.8. The highest BCUT2D eigenvalue weighted by Gasteiger charge is 2.26. The molecule has 0 radical (unpaired) electrons. The van der Waals surface area contributed by atoms with Gasteiger partial charge >= 0.3 is 0 Å². The first-order valence-electron chi connectivity index (χ1n) is 10.3. The van der Waals surface area contributed by atoms with Crippen LogP contribution in [0, 0.1) is 13.8 Å². The fourth-order valence-electron chi connectivity index (χ4n) is 3.93. The lowest BCUT2D eigenvalue weighted by Crippen LogP contribution is -2.37. The molecule has 0 saturated carbocycles. The summed E-state index contributed by atoms with van der Waals surface area (Å²) in [6.07, 6.45) is 2.33. The van der Waals surface area contributed by atoms with Gasteiger partial charge in [0.05, 0.1) is 6.04 Å². The van der Waals surface area contributed by atoms with Gasteiger partial charge in [0, 0.05) is 23.2 Å². The molecule has 2 heterocycles. The van der Waals surface area contributed by atoms with Gasteiger partial charge in [0.1, 0.15) is 0 Å². The number of aromatic nitrogens is 1. The van der Waals surface area contributed by atoms with Crippen molar-refractivity contribution in [2.75, 3.05) is 19.6 Å². The second-order valence-corrected chi connectivity index (χ2v) is 8.27. The molecule has 30 heavy (non-hydrogen) atoms. The standard InChI is InChI=1S/C24H26ClN3O2/c1-16-9-10-18(13-17(16)2)23-14-21(27-30-23)24(29)26-15-22(28-11-5-6-12-28)19-7-3-4-8-20(19)25/h3-4,7-10,13-14,22H,5-6,11-12,15H2,1-2H3,(H,26,29)/t22-/m1/s1. The molecule has 1 N–H and O–H groups in total. The zero-order chi connectivity index (χ0) is 21.1. The van der Waals surface area contributed by atoms with Gasteiger partial charge in [-0.25, -0.2) is 0 Å². The Kier molecular flexibility index (Phi) is 6.21. The molecule has 1 fully saturated rings. The van der Waals surface area contributed by atoms with E-state index in [1.165, 1.54) is 11.1 Å². The molecular formula is C24H26ClN3O2. The summed E-state index contributed by atoms with van der Waals surface area (Å²) in [6, 6.07) is 15.6. The summed E-state index contributed by atoms with van der Waals surface area (Å²) >= 11 is 6.46. The fraction of sp³-hybridized carbons (Fsp3) is 0.333. The number of aryl methyl sites for hydroxylation is 2. The SMILES string of the molecule is Cc1ccc(-c2cc(C(=O)NC[C@H](c3ccccc3Cl)N3CCCC3)no2)cc1C. The van der Waals surface area contributed by atoms with E-state index >= 15 is 0 Å². The third-order valence-electron chi connectivity index (χ3n) is 5.84. The Bertz CT molecular complexity index is 1040. The summed E-state index contributed by atoms with van der Waals surface area (Å²) in [5.74, 6) is 0.343. The van der Waals surface area contributed by atoms with E-state index in [2.05, 4.69) is 29.2 Å². The van der Waals surface area contributed by atoms with E-state index in [0.29, 0.717) is 12.3 Å². The van der Waals surface area contributed by atoms with Gasteiger partial charge in [-0.15, -0.1) is 0 Å². The number of carbonyl (C=O) groups is 1. The summed E-state index contributed by atoms with van der Waals surface area (Å²) in [5.41, 5.74) is 4.61. The van der Waals surface area contributed by atoms with Crippen LogP contribution < -0.4 is 5.32 Å². The molecule has 1 aliphatic heterocycles. The third-order valence-corrected chi connectivity index (χ3v) is 6.18. The van der Waals surface area contributed by atoms with Crippen molar-refractivity contribution in [3.63, 3.8) is 0 Å². The lowest BCUT2D eigenvalue weighted by Gasteiger charge is -2.28. The number of likely N-dealkylation sites (tertiary alicyclic amines) is 1. The zero-order valence-electron chi connectivity index (χ0n) is 17.3. The highest BCUT2D eigenvalue weighted by atomic mass is 35.5. The Labute approximate surface area is 182 Å². The summed E-state index contributed by atoms with van der Waals surface area (Å²) in [5, 5.41) is 7.73. The molecule has 0 aliphatic carbocycles. The molecule has 1 aliphatic rings. The van der Waals surface area contributed by atoms with Crippen molar-refractivity contribution in [3.8, 4) is 11.3 Å². The van der Waals surface area contributed by atoms with E-state index < -0.39 is 0 Å². The minimum Gasteiger partial charge on any atom is -0.355 e. The Morgan fingerprint density at radius 1 is 1.13 bits per heavy atom. The molecular weight excluding hydrogens is 398 g/mol. The van der Waals surface area contributed by atoms with Gasteiger partial charge in [0.15, 0.2) is 11.5 Å². The van der Waals surface area contributed by atoms with Gasteiger partial charge in [-0.2, -0.15) is 0 Å². The van der Waals surface area contributed by atoms with Crippen LogP contribution in [0.1, 0.15) is 46.1 Å². The third kappa shape index (κ3) is 4.42. The van der Waals surface area contributed by atoms with Gasteiger partial charge in [0.2, 0.25) is 0 Å². The van der Waals surface area contributed by atoms with Gasteiger partial charge in [-0.1, -0.05) is 47.1 Å². The minimum atomic E-state index is -0.245. The smallest absolute Gasteiger partial charge is 0.273 e. The van der Waals surface area contributed by atoms with Crippen LogP contribution in [0.3, 0.4) is 0 Å². The highest BCUT2D eigenvalue weighted by molar-refractivity contribution is 6.31. The first-order valence-corrected chi connectivity index (χ1v) is 10.7. The van der Waals surface area contributed by atoms with E-state index in [4.69, 9.17) is 16.1 Å². The van der Waals surface area contributed by atoms with Crippen molar-refractivity contribution >= 4 is 17.5 Å². The Morgan fingerprint density at radius 2 is 1.90 bits per heavy atom. The summed E-state index contributed by atoms with van der Waals surface area (Å²) in [7, 11) is 0. The molecule has 1 saturated heterocycles. The molecule has 4 rings (SSSR count). The number of benzene rings is 2. The molecule has 0 unspecified atom stereocenters. The highest BCUT2D eigenvalue weighted by Crippen LogP contribution is 2.30. The maximum Gasteiger partial charge on any atom is 0.273 e. The van der Waals surface area contributed by atoms with Crippen molar-refractivity contribution in [1.29, 1.82) is 0 Å². The molecule has 1 aromatic heterocycles. The number of amides is 1. The predicted molar refractivity (Wildman–Crippen MR) is 119 cm³/mol. The quantitative estimate of drug-likeness (QED) is 0.593. The van der Waals surface area contributed by atoms with Crippen LogP contribution in [-0.4, -0.2) is 35.6 Å². The van der Waals surface area contributed by atoms with Crippen LogP contribution in [0.4, 0.5) is 0 Å². The Balaban J connectivity index is 1.48. The van der Waals surface area contributed by atoms with Crippen molar-refractivity contribution < 1.29 is 9.32 Å². The number of carbonyl (C=O) groups excluding carboxylic acids is 1. The molecule has 6 heteroatoms. The van der Waals surface area contributed by atoms with Crippen molar-refractivity contribution in [3.05, 3.63) is 75.9 Å². The number of hydrogen-bond acceptors (Lipinski definition) is 4. The van der Waals surface area contributed by atoms with Crippen LogP contribution >= 0.6 is 11.6 Å². The molecule has 0 bridgehead atoms. The topological polar surface area (TPSA) is 58.4 Å². The number of rotatable bonds is 6. The fourth-order valence-corrected chi connectivity index (χ4v) is 4.19. The van der Waals surface area contributed by atoms with Crippen LogP contribution in [0.5, 0.6) is 0 Å². The van der Waals surface area contributed by atoms with Crippen LogP contribution in [0.2, 0.25) is 5.02 Å². The average Bonchev–Trinajstić information content (AvgIpc) is 3.44. The number of nitrogens with zero attached hydrogens (tertiary/aromatic N) is 2. The number of hydrogen-bond donors (Lipinski definition) is 1. The molecule has 2 aromatic carbocycles. The van der Waals surface area contributed by atoms with E-state index in [-0.39, 0.29) is 17.6 Å². The average molecular weight is 424 g/mol. The summed E-state index contributed by atoms with van der Waals surface area (Å²) in [6.45, 7) is 6.60. The minimum absolute atomic E-state index is 0.0382. The largest absolute Gasteiger partial charge is 0.355 e. The Hall–Kier alpha value is -2.63. The number of halogens is 1. The molecule has 0 spiro atoms. The Morgan fingerprint density at radius 3 is 2.63 bits per heavy atom. The zero-order valence-corrected chi connectivity index (χ0v) is 18.1. The lowest BCUT2D eigenvalue weighted by atomic mass is 10.0. The first kappa shape index (κ1) is 20.6. The molecule has 5 nitrogen and oxygen atoms in total. The summed E-state index contributed by atoms with van der Waals surface area (Å²) < 4.78 is 5.43. The normalized spacial score (nSPS) is 15.3. The van der Waals surface area contributed by atoms with Gasteiger partial charge in [-0.3, -0.25) is 9.69 Å². The summed E-state index contributed by atoms with van der Waals surface area (Å²) in [4.78, 5) is 15.1. The second kappa shape index (κ2) is 9.02. The first-order chi connectivity index (χ1) is 14.5. The molecule has 1 atom stereocenters. The van der Waals surface area contributed by atoms with Crippen molar-refractivity contribution in [2.45, 2.75) is 32.7 Å². The second-order valence-electron chi connectivity index (χ2n) is 7.87. The van der Waals surface area contributed by atoms with E-state index in [9.17, 15) is 4.79 Å².